The average molecular weight is 204 g/mol. The fraction of sp³-hybridized carbons (Fsp3) is 0.308. The second-order valence-electron chi connectivity index (χ2n) is 3.23. The molecule has 0 spiro atoms. The molecule has 2 heteroatoms. The Hall–Kier alpha value is -1.41. The second-order valence-corrected chi connectivity index (χ2v) is 3.23. The van der Waals surface area contributed by atoms with E-state index in [1.807, 2.05) is 30.3 Å². The lowest BCUT2D eigenvalue weighted by atomic mass is 10.1. The number of hydrogen-bond acceptors (Lipinski definition) is 2. The van der Waals surface area contributed by atoms with E-state index in [-0.39, 0.29) is 5.78 Å². The van der Waals surface area contributed by atoms with Crippen molar-refractivity contribution in [1.82, 2.24) is 0 Å². The highest BCUT2D eigenvalue weighted by Gasteiger charge is 2.03. The van der Waals surface area contributed by atoms with Gasteiger partial charge in [0.05, 0.1) is 13.2 Å². The van der Waals surface area contributed by atoms with Gasteiger partial charge in [0.2, 0.25) is 0 Å². The molecule has 0 saturated carbocycles. The summed E-state index contributed by atoms with van der Waals surface area (Å²) in [6.07, 6.45) is 3.08. The molecule has 0 radical (unpaired) electrons. The van der Waals surface area contributed by atoms with Gasteiger partial charge in [-0.2, -0.15) is 0 Å². The Morgan fingerprint density at radius 2 is 2.00 bits per heavy atom. The van der Waals surface area contributed by atoms with Crippen molar-refractivity contribution < 1.29 is 9.53 Å². The van der Waals surface area contributed by atoms with Crippen LogP contribution in [-0.2, 0) is 4.74 Å². The molecule has 1 aromatic carbocycles. The first-order chi connectivity index (χ1) is 7.34. The highest BCUT2D eigenvalue weighted by molar-refractivity contribution is 5.96. The van der Waals surface area contributed by atoms with Gasteiger partial charge in [-0.25, -0.2) is 0 Å². The maximum Gasteiger partial charge on any atom is 0.165 e. The van der Waals surface area contributed by atoms with Crippen LogP contribution < -0.4 is 0 Å². The van der Waals surface area contributed by atoms with Gasteiger partial charge in [0.15, 0.2) is 5.78 Å². The number of benzene rings is 1. The van der Waals surface area contributed by atoms with Crippen LogP contribution in [0.15, 0.2) is 43.0 Å². The number of carbonyl (C=O) groups is 1. The SMILES string of the molecule is C=CCCOCCC(=O)c1ccccc1. The normalized spacial score (nSPS) is 9.87. The monoisotopic (exact) mass is 204 g/mol. The largest absolute Gasteiger partial charge is 0.381 e. The van der Waals surface area contributed by atoms with Gasteiger partial charge >= 0.3 is 0 Å². The third-order valence-corrected chi connectivity index (χ3v) is 2.04. The number of carbonyl (C=O) groups excluding carboxylic acids is 1. The fourth-order valence-corrected chi connectivity index (χ4v) is 1.20. The Balaban J connectivity index is 2.22. The zero-order valence-corrected chi connectivity index (χ0v) is 8.82. The molecule has 0 aliphatic carbocycles. The van der Waals surface area contributed by atoms with Crippen LogP contribution in [0.1, 0.15) is 23.2 Å². The molecule has 1 aromatic rings. The van der Waals surface area contributed by atoms with E-state index in [0.29, 0.717) is 19.6 Å². The van der Waals surface area contributed by atoms with Crippen molar-refractivity contribution >= 4 is 5.78 Å². The zero-order chi connectivity index (χ0) is 10.9. The first-order valence-corrected chi connectivity index (χ1v) is 5.11. The summed E-state index contributed by atoms with van der Waals surface area (Å²) in [7, 11) is 0. The molecule has 1 rings (SSSR count). The molecule has 0 unspecified atom stereocenters. The van der Waals surface area contributed by atoms with E-state index >= 15 is 0 Å². The molecule has 0 aliphatic rings. The first-order valence-electron chi connectivity index (χ1n) is 5.11. The predicted molar refractivity (Wildman–Crippen MR) is 61.0 cm³/mol. The maximum absolute atomic E-state index is 11.6. The molecule has 0 aliphatic heterocycles. The number of rotatable bonds is 7. The van der Waals surface area contributed by atoms with Gasteiger partial charge in [0, 0.05) is 12.0 Å². The van der Waals surface area contributed by atoms with Crippen molar-refractivity contribution in [1.29, 1.82) is 0 Å². The molecule has 0 heterocycles. The average Bonchev–Trinajstić information content (AvgIpc) is 2.30. The number of Topliss-reactive ketones (excluding diaryl/α,β-unsaturated/α-hetero) is 1. The first kappa shape index (κ1) is 11.7. The minimum atomic E-state index is 0.134. The Kier molecular flexibility index (Phi) is 5.41. The van der Waals surface area contributed by atoms with E-state index in [4.69, 9.17) is 4.74 Å². The topological polar surface area (TPSA) is 26.3 Å². The van der Waals surface area contributed by atoms with Gasteiger partial charge in [-0.1, -0.05) is 36.4 Å². The minimum Gasteiger partial charge on any atom is -0.381 e. The van der Waals surface area contributed by atoms with E-state index in [0.717, 1.165) is 12.0 Å². The summed E-state index contributed by atoms with van der Waals surface area (Å²) in [5.74, 6) is 0.134. The van der Waals surface area contributed by atoms with Crippen molar-refractivity contribution in [3.63, 3.8) is 0 Å². The Morgan fingerprint density at radius 3 is 2.67 bits per heavy atom. The van der Waals surface area contributed by atoms with Crippen LogP contribution in [0.2, 0.25) is 0 Å². The van der Waals surface area contributed by atoms with E-state index < -0.39 is 0 Å². The quantitative estimate of drug-likeness (QED) is 0.388. The molecule has 80 valence electrons. The lowest BCUT2D eigenvalue weighted by Gasteiger charge is -2.02. The van der Waals surface area contributed by atoms with Gasteiger partial charge in [-0.15, -0.1) is 6.58 Å². The van der Waals surface area contributed by atoms with E-state index in [2.05, 4.69) is 6.58 Å². The standard InChI is InChI=1S/C13H16O2/c1-2-3-10-15-11-9-13(14)12-7-5-4-6-8-12/h2,4-8H,1,3,9-11H2. The summed E-state index contributed by atoms with van der Waals surface area (Å²) < 4.78 is 5.27. The highest BCUT2D eigenvalue weighted by atomic mass is 16.5. The molecule has 0 amide bonds. The van der Waals surface area contributed by atoms with E-state index in [1.165, 1.54) is 0 Å². The molecule has 0 N–H and O–H groups in total. The van der Waals surface area contributed by atoms with Crippen LogP contribution in [0.3, 0.4) is 0 Å². The molecular formula is C13H16O2. The van der Waals surface area contributed by atoms with Gasteiger partial charge in [0.1, 0.15) is 0 Å². The fourth-order valence-electron chi connectivity index (χ4n) is 1.20. The highest BCUT2D eigenvalue weighted by Crippen LogP contribution is 2.02. The van der Waals surface area contributed by atoms with Gasteiger partial charge in [-0.3, -0.25) is 4.79 Å². The lowest BCUT2D eigenvalue weighted by molar-refractivity contribution is 0.0884. The lowest BCUT2D eigenvalue weighted by Crippen LogP contribution is -2.05. The third kappa shape index (κ3) is 4.56. The van der Waals surface area contributed by atoms with E-state index in [9.17, 15) is 4.79 Å². The predicted octanol–water partition coefficient (Wildman–Crippen LogP) is 2.85. The van der Waals surface area contributed by atoms with Crippen LogP contribution in [-0.4, -0.2) is 19.0 Å². The Labute approximate surface area is 90.6 Å². The summed E-state index contributed by atoms with van der Waals surface area (Å²) in [5.41, 5.74) is 0.754. The Bertz CT molecular complexity index is 304. The molecule has 0 aromatic heterocycles. The third-order valence-electron chi connectivity index (χ3n) is 2.04. The van der Waals surface area contributed by atoms with Crippen LogP contribution in [0, 0.1) is 0 Å². The number of ether oxygens (including phenoxy) is 1. The van der Waals surface area contributed by atoms with Crippen molar-refractivity contribution in [2.75, 3.05) is 13.2 Å². The van der Waals surface area contributed by atoms with Crippen LogP contribution in [0.4, 0.5) is 0 Å². The van der Waals surface area contributed by atoms with E-state index in [1.54, 1.807) is 6.08 Å². The molecular weight excluding hydrogens is 188 g/mol. The summed E-state index contributed by atoms with van der Waals surface area (Å²) >= 11 is 0. The van der Waals surface area contributed by atoms with Gasteiger partial charge in [-0.05, 0) is 6.42 Å². The molecule has 0 atom stereocenters. The smallest absolute Gasteiger partial charge is 0.165 e. The molecule has 0 fully saturated rings. The zero-order valence-electron chi connectivity index (χ0n) is 8.82. The summed E-state index contributed by atoms with van der Waals surface area (Å²) in [6.45, 7) is 4.73. The maximum atomic E-state index is 11.6. The molecule has 2 nitrogen and oxygen atoms in total. The van der Waals surface area contributed by atoms with Crippen LogP contribution in [0.25, 0.3) is 0 Å². The van der Waals surface area contributed by atoms with Crippen LogP contribution in [0.5, 0.6) is 0 Å². The molecule has 0 saturated heterocycles. The van der Waals surface area contributed by atoms with Crippen LogP contribution >= 0.6 is 0 Å². The summed E-state index contributed by atoms with van der Waals surface area (Å²) in [5, 5.41) is 0. The van der Waals surface area contributed by atoms with Gasteiger partial charge in [0.25, 0.3) is 0 Å². The Morgan fingerprint density at radius 1 is 1.27 bits per heavy atom. The molecule has 0 bridgehead atoms. The number of hydrogen-bond donors (Lipinski definition) is 0. The van der Waals surface area contributed by atoms with Crippen molar-refractivity contribution in [2.45, 2.75) is 12.8 Å². The van der Waals surface area contributed by atoms with Gasteiger partial charge < -0.3 is 4.74 Å². The minimum absolute atomic E-state index is 0.134. The number of ketones is 1. The summed E-state index contributed by atoms with van der Waals surface area (Å²) in [6, 6.07) is 9.28. The van der Waals surface area contributed by atoms with Crippen molar-refractivity contribution in [3.05, 3.63) is 48.6 Å². The summed E-state index contributed by atoms with van der Waals surface area (Å²) in [4.78, 5) is 11.6. The van der Waals surface area contributed by atoms with Crippen molar-refractivity contribution in [2.24, 2.45) is 0 Å². The second kappa shape index (κ2) is 6.96. The van der Waals surface area contributed by atoms with Crippen molar-refractivity contribution in [3.8, 4) is 0 Å². The molecule has 15 heavy (non-hydrogen) atoms.